The van der Waals surface area contributed by atoms with Gasteiger partial charge in [0.15, 0.2) is 17.9 Å². The predicted octanol–water partition coefficient (Wildman–Crippen LogP) is 3.12. The normalized spacial score (nSPS) is 11.2. The smallest absolute Gasteiger partial charge is 0.194 e. The summed E-state index contributed by atoms with van der Waals surface area (Å²) < 4.78 is 11.2. The van der Waals surface area contributed by atoms with E-state index >= 15 is 0 Å². The summed E-state index contributed by atoms with van der Waals surface area (Å²) >= 11 is 0. The summed E-state index contributed by atoms with van der Waals surface area (Å²) in [5, 5.41) is 4.14. The number of hydrogen-bond acceptors (Lipinski definition) is 4. The van der Waals surface area contributed by atoms with Crippen LogP contribution in [0.25, 0.3) is 22.5 Å². The number of hydrogen-bond donors (Lipinski definition) is 1. The lowest BCUT2D eigenvalue weighted by Gasteiger charge is -1.96. The van der Waals surface area contributed by atoms with Crippen LogP contribution in [0.5, 0.6) is 0 Å². The molecule has 0 spiro atoms. The van der Waals surface area contributed by atoms with Gasteiger partial charge in [0.1, 0.15) is 11.3 Å². The molecule has 0 bridgehead atoms. The highest BCUT2D eigenvalue weighted by molar-refractivity contribution is 5.82. The van der Waals surface area contributed by atoms with Crippen molar-refractivity contribution in [3.8, 4) is 11.5 Å². The molecule has 0 amide bonds. The number of furan rings is 1. The minimum absolute atomic E-state index is 0.655. The molecule has 1 N–H and O–H groups in total. The summed E-state index contributed by atoms with van der Waals surface area (Å²) in [4.78, 5) is 4.18. The number of rotatable bonds is 3. The van der Waals surface area contributed by atoms with Crippen LogP contribution in [0.3, 0.4) is 0 Å². The highest BCUT2D eigenvalue weighted by Gasteiger charge is 2.14. The van der Waals surface area contributed by atoms with Crippen LogP contribution in [0, 0.1) is 6.92 Å². The molecule has 0 saturated heterocycles. The van der Waals surface area contributed by atoms with Crippen molar-refractivity contribution in [2.24, 2.45) is 0 Å². The molecule has 0 aliphatic heterocycles. The molecule has 92 valence electrons. The van der Waals surface area contributed by atoms with Gasteiger partial charge in [-0.25, -0.2) is 4.98 Å². The standard InChI is InChI=1S/C14H14N2O2/c1-9-3-4-12-10(5-9)6-13(18-12)14-11(7-15-2)16-8-17-14/h3-6,8,15H,7H2,1-2H3. The minimum atomic E-state index is 0.655. The molecular weight excluding hydrogens is 228 g/mol. The van der Waals surface area contributed by atoms with Gasteiger partial charge in [0, 0.05) is 11.9 Å². The third-order valence-electron chi connectivity index (χ3n) is 2.88. The summed E-state index contributed by atoms with van der Waals surface area (Å²) in [6, 6.07) is 8.09. The number of aromatic nitrogens is 1. The van der Waals surface area contributed by atoms with Crippen LogP contribution in [-0.2, 0) is 6.54 Å². The third-order valence-corrected chi connectivity index (χ3v) is 2.88. The van der Waals surface area contributed by atoms with Crippen molar-refractivity contribution < 1.29 is 8.83 Å². The van der Waals surface area contributed by atoms with E-state index in [2.05, 4.69) is 23.3 Å². The molecule has 3 rings (SSSR count). The Kier molecular flexibility index (Phi) is 2.64. The maximum absolute atomic E-state index is 5.79. The monoisotopic (exact) mass is 242 g/mol. The number of oxazole rings is 1. The summed E-state index contributed by atoms with van der Waals surface area (Å²) in [6.07, 6.45) is 1.44. The summed E-state index contributed by atoms with van der Waals surface area (Å²) in [7, 11) is 1.88. The Hall–Kier alpha value is -2.07. The molecule has 0 aliphatic rings. The molecule has 2 heterocycles. The van der Waals surface area contributed by atoms with Gasteiger partial charge in [0.2, 0.25) is 0 Å². The van der Waals surface area contributed by atoms with Crippen molar-refractivity contribution in [3.05, 3.63) is 41.9 Å². The molecule has 4 heteroatoms. The minimum Gasteiger partial charge on any atom is -0.453 e. The Labute approximate surface area is 105 Å². The lowest BCUT2D eigenvalue weighted by molar-refractivity contribution is 0.534. The van der Waals surface area contributed by atoms with Gasteiger partial charge in [-0.1, -0.05) is 11.6 Å². The fraction of sp³-hybridized carbons (Fsp3) is 0.214. The second-order valence-corrected chi connectivity index (χ2v) is 4.31. The molecule has 0 unspecified atom stereocenters. The summed E-state index contributed by atoms with van der Waals surface area (Å²) in [6.45, 7) is 2.72. The van der Waals surface area contributed by atoms with Crippen LogP contribution >= 0.6 is 0 Å². The number of nitrogens with zero attached hydrogens (tertiary/aromatic N) is 1. The highest BCUT2D eigenvalue weighted by Crippen LogP contribution is 2.30. The SMILES string of the molecule is CNCc1ncoc1-c1cc2cc(C)ccc2o1. The van der Waals surface area contributed by atoms with E-state index in [1.54, 1.807) is 0 Å². The van der Waals surface area contributed by atoms with Gasteiger partial charge in [-0.05, 0) is 32.2 Å². The van der Waals surface area contributed by atoms with Gasteiger partial charge in [-0.3, -0.25) is 0 Å². The van der Waals surface area contributed by atoms with Gasteiger partial charge in [0.05, 0.1) is 0 Å². The van der Waals surface area contributed by atoms with Crippen LogP contribution < -0.4 is 5.32 Å². The lowest BCUT2D eigenvalue weighted by atomic mass is 10.2. The summed E-state index contributed by atoms with van der Waals surface area (Å²) in [5.41, 5.74) is 2.93. The lowest BCUT2D eigenvalue weighted by Crippen LogP contribution is -2.06. The number of aryl methyl sites for hydroxylation is 1. The van der Waals surface area contributed by atoms with Crippen LogP contribution in [0.15, 0.2) is 39.5 Å². The third kappa shape index (κ3) is 1.80. The van der Waals surface area contributed by atoms with E-state index in [1.165, 1.54) is 12.0 Å². The Bertz CT molecular complexity index is 682. The Morgan fingerprint density at radius 2 is 2.17 bits per heavy atom. The zero-order valence-electron chi connectivity index (χ0n) is 10.4. The fourth-order valence-electron chi connectivity index (χ4n) is 2.04. The fourth-order valence-corrected chi connectivity index (χ4v) is 2.04. The molecular formula is C14H14N2O2. The summed E-state index contributed by atoms with van der Waals surface area (Å²) in [5.74, 6) is 1.41. The molecule has 2 aromatic heterocycles. The van der Waals surface area contributed by atoms with Gasteiger partial charge < -0.3 is 14.2 Å². The van der Waals surface area contributed by atoms with E-state index in [1.807, 2.05) is 25.2 Å². The molecule has 0 fully saturated rings. The van der Waals surface area contributed by atoms with Gasteiger partial charge in [-0.2, -0.15) is 0 Å². The maximum Gasteiger partial charge on any atom is 0.194 e. The number of benzene rings is 1. The first kappa shape index (κ1) is 11.0. The molecule has 1 aromatic carbocycles. The van der Waals surface area contributed by atoms with Crippen LogP contribution in [0.2, 0.25) is 0 Å². The highest BCUT2D eigenvalue weighted by atomic mass is 16.4. The molecule has 0 saturated carbocycles. The second-order valence-electron chi connectivity index (χ2n) is 4.31. The average molecular weight is 242 g/mol. The predicted molar refractivity (Wildman–Crippen MR) is 69.2 cm³/mol. The van der Waals surface area contributed by atoms with E-state index in [0.717, 1.165) is 22.4 Å². The van der Waals surface area contributed by atoms with Gasteiger partial charge >= 0.3 is 0 Å². The van der Waals surface area contributed by atoms with E-state index in [9.17, 15) is 0 Å². The van der Waals surface area contributed by atoms with Crippen molar-refractivity contribution >= 4 is 11.0 Å². The van der Waals surface area contributed by atoms with Crippen molar-refractivity contribution in [3.63, 3.8) is 0 Å². The molecule has 0 radical (unpaired) electrons. The molecule has 0 aliphatic carbocycles. The average Bonchev–Trinajstić information content (AvgIpc) is 2.94. The topological polar surface area (TPSA) is 51.2 Å². The molecule has 4 nitrogen and oxygen atoms in total. The van der Waals surface area contributed by atoms with Crippen molar-refractivity contribution in [1.82, 2.24) is 10.3 Å². The van der Waals surface area contributed by atoms with Crippen LogP contribution in [0.1, 0.15) is 11.3 Å². The van der Waals surface area contributed by atoms with Crippen molar-refractivity contribution in [2.45, 2.75) is 13.5 Å². The number of nitrogens with one attached hydrogen (secondary N) is 1. The quantitative estimate of drug-likeness (QED) is 0.766. The Morgan fingerprint density at radius 1 is 1.28 bits per heavy atom. The molecule has 18 heavy (non-hydrogen) atoms. The van der Waals surface area contributed by atoms with Crippen LogP contribution in [-0.4, -0.2) is 12.0 Å². The van der Waals surface area contributed by atoms with E-state index in [-0.39, 0.29) is 0 Å². The van der Waals surface area contributed by atoms with Gasteiger partial charge in [0.25, 0.3) is 0 Å². The van der Waals surface area contributed by atoms with E-state index < -0.39 is 0 Å². The van der Waals surface area contributed by atoms with Crippen molar-refractivity contribution in [1.29, 1.82) is 0 Å². The van der Waals surface area contributed by atoms with E-state index in [0.29, 0.717) is 12.3 Å². The zero-order chi connectivity index (χ0) is 12.5. The maximum atomic E-state index is 5.79. The first-order chi connectivity index (χ1) is 8.78. The molecule has 0 atom stereocenters. The first-order valence-corrected chi connectivity index (χ1v) is 5.85. The Morgan fingerprint density at radius 3 is 3.00 bits per heavy atom. The van der Waals surface area contributed by atoms with Crippen LogP contribution in [0.4, 0.5) is 0 Å². The Balaban J connectivity index is 2.10. The largest absolute Gasteiger partial charge is 0.453 e. The number of fused-ring (bicyclic) bond motifs is 1. The van der Waals surface area contributed by atoms with Gasteiger partial charge in [-0.15, -0.1) is 0 Å². The van der Waals surface area contributed by atoms with E-state index in [4.69, 9.17) is 8.83 Å². The molecule has 3 aromatic rings. The second kappa shape index (κ2) is 4.31. The zero-order valence-corrected chi connectivity index (χ0v) is 10.4. The first-order valence-electron chi connectivity index (χ1n) is 5.85. The van der Waals surface area contributed by atoms with Crippen molar-refractivity contribution in [2.75, 3.05) is 7.05 Å².